The normalized spacial score (nSPS) is 35.2. The first-order valence-electron chi connectivity index (χ1n) is 26.6. The van der Waals surface area contributed by atoms with E-state index in [1.54, 1.807) is 54.9 Å². The molecule has 17 nitrogen and oxygen atoms in total. The maximum Gasteiger partial charge on any atom is 0.475 e. The molecular weight excluding hydrogens is 962 g/mol. The van der Waals surface area contributed by atoms with Crippen molar-refractivity contribution in [2.45, 2.75) is 194 Å². The van der Waals surface area contributed by atoms with E-state index in [0.717, 1.165) is 5.57 Å². The molecule has 0 radical (unpaired) electrons. The number of hydrogen-bond donors (Lipinski definition) is 2. The fourth-order valence-electron chi connectivity index (χ4n) is 10.8. The Kier molecular flexibility index (Phi) is 25.0. The van der Waals surface area contributed by atoms with Crippen LogP contribution in [-0.4, -0.2) is 140 Å². The first-order chi connectivity index (χ1) is 34.6. The van der Waals surface area contributed by atoms with Crippen molar-refractivity contribution in [3.63, 3.8) is 0 Å². The van der Waals surface area contributed by atoms with Crippen LogP contribution in [0, 0.1) is 35.5 Å². The van der Waals surface area contributed by atoms with Gasteiger partial charge in [0, 0.05) is 58.5 Å². The van der Waals surface area contributed by atoms with Gasteiger partial charge >= 0.3 is 13.8 Å². The van der Waals surface area contributed by atoms with E-state index in [0.29, 0.717) is 64.2 Å². The average Bonchev–Trinajstić information content (AvgIpc) is 3.35. The number of ether oxygens (including phenoxy) is 5. The van der Waals surface area contributed by atoms with Gasteiger partial charge in [-0.25, -0.2) is 9.36 Å². The highest BCUT2D eigenvalue weighted by molar-refractivity contribution is 7.48. The van der Waals surface area contributed by atoms with E-state index in [4.69, 9.17) is 37.3 Å². The summed E-state index contributed by atoms with van der Waals surface area (Å²) in [5.41, 5.74) is 1.15. The summed E-state index contributed by atoms with van der Waals surface area (Å²) in [5.74, 6) is -8.37. The number of nitrogens with zero attached hydrogens (tertiary/aromatic N) is 1. The lowest BCUT2D eigenvalue weighted by molar-refractivity contribution is -0.265. The SMILES string of the molecule is CCOP(=O)(OCC)O[C@@H]1CCC(C[C@@H](C)C2CC(=O)C(C)=CC(C)[C@@H](O)[C@@H](OC)C(=O)[C@H](C)C[C@H](C)C=CC=CC=C(C)[C@@H](OC)C[C@@H]3CC[C@@H](C)[C@@](O)(O3)C(=O)C(=O)N3CCCC[C@H]3C(=O)O2)C[C@H]1OC. The Morgan fingerprint density at radius 3 is 2.19 bits per heavy atom. The van der Waals surface area contributed by atoms with Crippen molar-refractivity contribution in [1.82, 2.24) is 4.90 Å². The van der Waals surface area contributed by atoms with Gasteiger partial charge in [-0.2, -0.15) is 0 Å². The number of fused-ring (bicyclic) bond motifs is 3. The fourth-order valence-corrected chi connectivity index (χ4v) is 12.2. The van der Waals surface area contributed by atoms with Crippen LogP contribution in [0.2, 0.25) is 0 Å². The van der Waals surface area contributed by atoms with Gasteiger partial charge in [-0.05, 0) is 121 Å². The number of phosphoric acid groups is 1. The van der Waals surface area contributed by atoms with Crippen LogP contribution in [0.1, 0.15) is 139 Å². The number of Topliss-reactive ketones (excluding diaryl/α,β-unsaturated/α-hetero) is 3. The first kappa shape index (κ1) is 62.3. The minimum absolute atomic E-state index is 0.00174. The fraction of sp³-hybridized carbons (Fsp3) is 0.764. The van der Waals surface area contributed by atoms with Crippen molar-refractivity contribution in [3.8, 4) is 0 Å². The summed E-state index contributed by atoms with van der Waals surface area (Å²) in [6.07, 6.45) is 10.4. The summed E-state index contributed by atoms with van der Waals surface area (Å²) in [6.45, 7) is 16.3. The minimum atomic E-state index is -3.84. The Morgan fingerprint density at radius 2 is 1.55 bits per heavy atom. The summed E-state index contributed by atoms with van der Waals surface area (Å²) >= 11 is 0. The van der Waals surface area contributed by atoms with Crippen LogP contribution < -0.4 is 0 Å². The summed E-state index contributed by atoms with van der Waals surface area (Å²) in [6, 6.07) is -1.18. The predicted octanol–water partition coefficient (Wildman–Crippen LogP) is 8.39. The van der Waals surface area contributed by atoms with E-state index in [1.807, 2.05) is 58.1 Å². The lowest BCUT2D eigenvalue weighted by Crippen LogP contribution is -2.61. The van der Waals surface area contributed by atoms with Crippen LogP contribution in [0.25, 0.3) is 0 Å². The van der Waals surface area contributed by atoms with Crippen molar-refractivity contribution >= 4 is 37.0 Å². The highest BCUT2D eigenvalue weighted by atomic mass is 31.2. The third-order valence-electron chi connectivity index (χ3n) is 15.3. The number of ketones is 3. The molecule has 0 spiro atoms. The molecule has 4 rings (SSSR count). The van der Waals surface area contributed by atoms with Gasteiger partial charge in [0.15, 0.2) is 11.6 Å². The Bertz CT molecular complexity index is 2010. The second-order valence-electron chi connectivity index (χ2n) is 21.0. The number of carbonyl (C=O) groups excluding carboxylic acids is 5. The summed E-state index contributed by atoms with van der Waals surface area (Å²) in [4.78, 5) is 72.5. The largest absolute Gasteiger partial charge is 0.475 e. The van der Waals surface area contributed by atoms with Gasteiger partial charge in [0.25, 0.3) is 11.7 Å². The molecule has 0 aromatic rings. The quantitative estimate of drug-likeness (QED) is 0.106. The molecule has 414 valence electrons. The Balaban J connectivity index is 1.70. The van der Waals surface area contributed by atoms with E-state index >= 15 is 0 Å². The van der Waals surface area contributed by atoms with Gasteiger partial charge in [0.2, 0.25) is 5.79 Å². The molecule has 18 heteroatoms. The molecule has 3 unspecified atom stereocenters. The standard InChI is InChI=1S/C55H88NO16P/c1-13-68-73(64,69-14-2)72-45-26-24-41(31-48(45)66-11)30-37(6)47-33-44(57)36(5)29-39(8)50(59)51(67-12)49(58)38(7)28-34(3)20-16-15-17-21-35(4)46(65-10)32-42-25-23-40(9)55(63,71-42)52(60)53(61)56-27-19-18-22-43(56)54(62)70-47/h15-17,20-21,29,34,37-43,45-48,50-51,59,63H,13-14,18-19,22-28,30-33H2,1-12H3/t34-,37-,38-,39?,40-,41?,42+,43+,45-,46+,47?,48-,50-,51+,55-/m1/s1. The topological polar surface area (TPSA) is 220 Å². The molecule has 4 aliphatic rings. The lowest BCUT2D eigenvalue weighted by Gasteiger charge is -2.42. The van der Waals surface area contributed by atoms with Crippen LogP contribution in [-0.2, 0) is 65.8 Å². The molecule has 2 saturated heterocycles. The van der Waals surface area contributed by atoms with Gasteiger partial charge in [-0.15, -0.1) is 0 Å². The third kappa shape index (κ3) is 17.1. The highest BCUT2D eigenvalue weighted by Gasteiger charge is 2.53. The third-order valence-corrected chi connectivity index (χ3v) is 17.0. The maximum absolute atomic E-state index is 14.6. The number of cyclic esters (lactones) is 1. The number of aliphatic hydroxyl groups excluding tert-OH is 1. The van der Waals surface area contributed by atoms with E-state index in [9.17, 15) is 38.8 Å². The zero-order valence-electron chi connectivity index (χ0n) is 45.7. The molecule has 2 bridgehead atoms. The lowest BCUT2D eigenvalue weighted by atomic mass is 9.78. The number of carbonyl (C=O) groups is 5. The molecule has 15 atom stereocenters. The number of rotatable bonds is 12. The van der Waals surface area contributed by atoms with Crippen molar-refractivity contribution in [3.05, 3.63) is 47.6 Å². The Hall–Kier alpha value is -3.22. The summed E-state index contributed by atoms with van der Waals surface area (Å²) in [7, 11) is 0.655. The second kappa shape index (κ2) is 29.3. The average molecular weight is 1050 g/mol. The molecule has 2 N–H and O–H groups in total. The Morgan fingerprint density at radius 1 is 0.849 bits per heavy atom. The number of allylic oxidation sites excluding steroid dienone is 6. The number of piperidine rings is 1. The van der Waals surface area contributed by atoms with Crippen LogP contribution in [0.5, 0.6) is 0 Å². The summed E-state index contributed by atoms with van der Waals surface area (Å²) in [5, 5.41) is 23.6. The number of phosphoric ester groups is 1. The minimum Gasteiger partial charge on any atom is -0.460 e. The monoisotopic (exact) mass is 1050 g/mol. The maximum atomic E-state index is 14.6. The first-order valence-corrected chi connectivity index (χ1v) is 28.1. The van der Waals surface area contributed by atoms with Crippen LogP contribution in [0.3, 0.4) is 0 Å². The number of methoxy groups -OCH3 is 3. The van der Waals surface area contributed by atoms with E-state index in [-0.39, 0.29) is 61.6 Å². The molecule has 3 aliphatic heterocycles. The van der Waals surface area contributed by atoms with Gasteiger partial charge in [0.05, 0.1) is 43.7 Å². The molecule has 3 fully saturated rings. The Labute approximate surface area is 434 Å². The summed E-state index contributed by atoms with van der Waals surface area (Å²) < 4.78 is 59.9. The second-order valence-corrected chi connectivity index (χ2v) is 22.6. The molecule has 1 saturated carbocycles. The zero-order chi connectivity index (χ0) is 54.2. The van der Waals surface area contributed by atoms with Crippen molar-refractivity contribution in [2.75, 3.05) is 41.1 Å². The van der Waals surface area contributed by atoms with E-state index in [2.05, 4.69) is 0 Å². The number of hydrogen-bond acceptors (Lipinski definition) is 16. The zero-order valence-corrected chi connectivity index (χ0v) is 46.6. The molecule has 0 aromatic carbocycles. The highest BCUT2D eigenvalue weighted by Crippen LogP contribution is 2.53. The number of esters is 1. The molecule has 1 aliphatic carbocycles. The van der Waals surface area contributed by atoms with Gasteiger partial charge in [0.1, 0.15) is 18.2 Å². The molecule has 0 aromatic heterocycles. The van der Waals surface area contributed by atoms with E-state index in [1.165, 1.54) is 12.0 Å². The molecule has 1 amide bonds. The van der Waals surface area contributed by atoms with Crippen LogP contribution in [0.15, 0.2) is 47.6 Å². The van der Waals surface area contributed by atoms with Crippen molar-refractivity contribution in [1.29, 1.82) is 0 Å². The van der Waals surface area contributed by atoms with Gasteiger partial charge in [-0.1, -0.05) is 71.1 Å². The number of amides is 1. The van der Waals surface area contributed by atoms with Crippen LogP contribution >= 0.6 is 7.82 Å². The van der Waals surface area contributed by atoms with Gasteiger partial charge < -0.3 is 38.8 Å². The predicted molar refractivity (Wildman–Crippen MR) is 275 cm³/mol. The van der Waals surface area contributed by atoms with Crippen LogP contribution in [0.4, 0.5) is 0 Å². The van der Waals surface area contributed by atoms with Gasteiger partial charge in [-0.3, -0.25) is 32.7 Å². The van der Waals surface area contributed by atoms with Crippen molar-refractivity contribution < 1.29 is 76.0 Å². The molecule has 3 heterocycles. The molecular formula is C55H88NO16P. The van der Waals surface area contributed by atoms with Crippen molar-refractivity contribution in [2.24, 2.45) is 35.5 Å². The smallest absolute Gasteiger partial charge is 0.460 e. The molecule has 73 heavy (non-hydrogen) atoms. The van der Waals surface area contributed by atoms with E-state index < -0.39 is 104 Å². The number of aliphatic hydroxyl groups is 2.